The zero-order valence-corrected chi connectivity index (χ0v) is 7.75. The van der Waals surface area contributed by atoms with Crippen LogP contribution in [0.25, 0.3) is 5.69 Å². The maximum Gasteiger partial charge on any atom is 0.482 e. The Balaban J connectivity index is 2.25. The number of rotatable bonds is 3. The molecular weight excluding hydrogens is 182 g/mol. The van der Waals surface area contributed by atoms with Gasteiger partial charge >= 0.3 is 6.08 Å². The molecule has 0 saturated heterocycles. The fraction of sp³-hybridized carbons (Fsp3) is 0.222. The third-order valence-corrected chi connectivity index (χ3v) is 1.63. The second-order valence-electron chi connectivity index (χ2n) is 2.60. The van der Waals surface area contributed by atoms with Crippen LogP contribution in [-0.2, 0) is 0 Å². The molecule has 72 valence electrons. The van der Waals surface area contributed by atoms with Crippen LogP contribution in [0.15, 0.2) is 34.9 Å². The molecule has 0 N–H and O–H groups in total. The van der Waals surface area contributed by atoms with Crippen molar-refractivity contribution in [2.24, 2.45) is 0 Å². The highest BCUT2D eigenvalue weighted by Crippen LogP contribution is 2.01. The molecule has 0 aliphatic heterocycles. The fourth-order valence-electron chi connectivity index (χ4n) is 1.03. The van der Waals surface area contributed by atoms with Gasteiger partial charge in [-0.25, -0.2) is 4.52 Å². The van der Waals surface area contributed by atoms with E-state index in [1.807, 2.05) is 37.3 Å². The van der Waals surface area contributed by atoms with Crippen molar-refractivity contribution in [2.75, 3.05) is 6.61 Å². The first-order valence-corrected chi connectivity index (χ1v) is 4.34. The molecule has 0 amide bonds. The maximum absolute atomic E-state index is 5.05. The fourth-order valence-corrected chi connectivity index (χ4v) is 1.03. The summed E-state index contributed by atoms with van der Waals surface area (Å²) in [4.78, 5) is 1.38. The summed E-state index contributed by atoms with van der Waals surface area (Å²) in [6.45, 7) is 2.37. The summed E-state index contributed by atoms with van der Waals surface area (Å²) in [6.07, 6.45) is 0.177. The van der Waals surface area contributed by atoms with Gasteiger partial charge in [0, 0.05) is 12.1 Å². The molecule has 5 nitrogen and oxygen atoms in total. The first-order valence-electron chi connectivity index (χ1n) is 4.34. The summed E-state index contributed by atoms with van der Waals surface area (Å²) >= 11 is 0. The smallest absolute Gasteiger partial charge is 0.445 e. The molecule has 1 aromatic carbocycles. The highest BCUT2D eigenvalue weighted by Gasteiger charge is 2.16. The first-order chi connectivity index (χ1) is 6.90. The van der Waals surface area contributed by atoms with Crippen molar-refractivity contribution in [1.82, 2.24) is 10.4 Å². The lowest BCUT2D eigenvalue weighted by Crippen LogP contribution is -2.35. The van der Waals surface area contributed by atoms with E-state index in [9.17, 15) is 0 Å². The van der Waals surface area contributed by atoms with Gasteiger partial charge in [-0.05, 0) is 6.92 Å². The van der Waals surface area contributed by atoms with Crippen LogP contribution < -0.4 is 9.53 Å². The molecule has 2 rings (SSSR count). The molecule has 0 radical (unpaired) electrons. The number of hydrogen-bond acceptors (Lipinski definition) is 4. The second-order valence-corrected chi connectivity index (χ2v) is 2.60. The maximum atomic E-state index is 5.05. The Kier molecular flexibility index (Phi) is 2.40. The van der Waals surface area contributed by atoms with E-state index in [-0.39, 0.29) is 6.08 Å². The molecule has 0 aliphatic rings. The number of benzene rings is 1. The van der Waals surface area contributed by atoms with E-state index in [0.717, 1.165) is 5.69 Å². The van der Waals surface area contributed by atoms with Crippen molar-refractivity contribution in [3.05, 3.63) is 30.3 Å². The van der Waals surface area contributed by atoms with Crippen LogP contribution in [0.4, 0.5) is 0 Å². The summed E-state index contributed by atoms with van der Waals surface area (Å²) in [5, 5.41) is 7.70. The molecule has 1 heterocycles. The summed E-state index contributed by atoms with van der Waals surface area (Å²) in [5.41, 5.74) is 0.835. The topological polar surface area (TPSA) is 52.0 Å². The van der Waals surface area contributed by atoms with Crippen molar-refractivity contribution in [1.29, 1.82) is 0 Å². The van der Waals surface area contributed by atoms with Gasteiger partial charge in [-0.2, -0.15) is 0 Å². The van der Waals surface area contributed by atoms with Crippen molar-refractivity contribution in [2.45, 2.75) is 6.92 Å². The molecule has 0 saturated carbocycles. The summed E-state index contributed by atoms with van der Waals surface area (Å²) in [5.74, 6) is 0. The number of nitrogens with zero attached hydrogens (tertiary/aromatic N) is 3. The first kappa shape index (κ1) is 8.68. The molecule has 0 bridgehead atoms. The van der Waals surface area contributed by atoms with Gasteiger partial charge in [-0.1, -0.05) is 18.2 Å². The van der Waals surface area contributed by atoms with Crippen LogP contribution in [0.2, 0.25) is 0 Å². The van der Waals surface area contributed by atoms with Gasteiger partial charge in [0.05, 0.1) is 6.61 Å². The number of ether oxygens (including phenoxy) is 1. The molecule has 0 unspecified atom stereocenters. The van der Waals surface area contributed by atoms with Crippen molar-refractivity contribution >= 4 is 0 Å². The van der Waals surface area contributed by atoms with Crippen LogP contribution in [0.5, 0.6) is 6.08 Å². The Morgan fingerprint density at radius 2 is 2.14 bits per heavy atom. The van der Waals surface area contributed by atoms with E-state index >= 15 is 0 Å². The van der Waals surface area contributed by atoms with Gasteiger partial charge in [-0.3, -0.25) is 0 Å². The van der Waals surface area contributed by atoms with Crippen LogP contribution in [0.1, 0.15) is 6.92 Å². The van der Waals surface area contributed by atoms with Crippen LogP contribution in [0, 0.1) is 0 Å². The van der Waals surface area contributed by atoms with E-state index in [1.54, 1.807) is 0 Å². The monoisotopic (exact) mass is 192 g/mol. The molecule has 5 heteroatoms. The zero-order chi connectivity index (χ0) is 9.80. The van der Waals surface area contributed by atoms with Gasteiger partial charge in [0.25, 0.3) is 5.69 Å². The lowest BCUT2D eigenvalue weighted by atomic mass is 10.3. The van der Waals surface area contributed by atoms with E-state index in [1.165, 1.54) is 4.80 Å². The normalized spacial score (nSPS) is 10.1. The minimum atomic E-state index is 0.177. The predicted molar refractivity (Wildman–Crippen MR) is 47.0 cm³/mol. The van der Waals surface area contributed by atoms with E-state index in [4.69, 9.17) is 9.26 Å². The third kappa shape index (κ3) is 1.71. The molecule has 0 aliphatic carbocycles. The Bertz CT molecular complexity index is 399. The number of aromatic nitrogens is 3. The Labute approximate surface area is 80.9 Å². The average molecular weight is 192 g/mol. The van der Waals surface area contributed by atoms with Crippen molar-refractivity contribution < 1.29 is 14.1 Å². The quantitative estimate of drug-likeness (QED) is 0.673. The van der Waals surface area contributed by atoms with Gasteiger partial charge < -0.3 is 4.74 Å². The summed E-state index contributed by atoms with van der Waals surface area (Å²) in [6, 6.07) is 9.49. The number of para-hydroxylation sites is 1. The lowest BCUT2D eigenvalue weighted by Gasteiger charge is -1.86. The molecular formula is C9H10N3O2+. The van der Waals surface area contributed by atoms with Crippen LogP contribution in [-0.4, -0.2) is 17.0 Å². The largest absolute Gasteiger partial charge is 0.482 e. The Morgan fingerprint density at radius 1 is 1.36 bits per heavy atom. The van der Waals surface area contributed by atoms with Crippen LogP contribution in [0.3, 0.4) is 0 Å². The third-order valence-electron chi connectivity index (χ3n) is 1.63. The molecule has 0 fully saturated rings. The second kappa shape index (κ2) is 3.87. The molecule has 0 spiro atoms. The number of hydrogen-bond donors (Lipinski definition) is 0. The SMILES string of the molecule is CCOc1n[n+](-c2ccccc2)no1. The predicted octanol–water partition coefficient (Wildman–Crippen LogP) is 0.745. The molecule has 14 heavy (non-hydrogen) atoms. The molecule has 2 aromatic rings. The minimum absolute atomic E-state index is 0.177. The van der Waals surface area contributed by atoms with E-state index < -0.39 is 0 Å². The minimum Gasteiger partial charge on any atom is -0.445 e. The highest BCUT2D eigenvalue weighted by molar-refractivity contribution is 5.20. The van der Waals surface area contributed by atoms with Gasteiger partial charge in [-0.15, -0.1) is 0 Å². The Morgan fingerprint density at radius 3 is 2.86 bits per heavy atom. The standard InChI is InChI=1S/C9H10N3O2/c1-2-13-9-10-12(11-14-9)8-6-4-3-5-7-8/h3-7H,2H2,1H3/q+1. The summed E-state index contributed by atoms with van der Waals surface area (Å²) < 4.78 is 9.89. The lowest BCUT2D eigenvalue weighted by molar-refractivity contribution is -0.725. The van der Waals surface area contributed by atoms with Crippen LogP contribution >= 0.6 is 0 Å². The van der Waals surface area contributed by atoms with Gasteiger partial charge in [0.15, 0.2) is 0 Å². The van der Waals surface area contributed by atoms with E-state index in [0.29, 0.717) is 6.61 Å². The van der Waals surface area contributed by atoms with Gasteiger partial charge in [0.2, 0.25) is 5.27 Å². The zero-order valence-electron chi connectivity index (χ0n) is 7.75. The van der Waals surface area contributed by atoms with Crippen molar-refractivity contribution in [3.63, 3.8) is 0 Å². The van der Waals surface area contributed by atoms with Gasteiger partial charge in [0.1, 0.15) is 9.90 Å². The highest BCUT2D eigenvalue weighted by atomic mass is 16.7. The molecule has 0 atom stereocenters. The molecule has 1 aromatic heterocycles. The average Bonchev–Trinajstić information content (AvgIpc) is 2.68. The van der Waals surface area contributed by atoms with E-state index in [2.05, 4.69) is 10.4 Å². The van der Waals surface area contributed by atoms with Crippen molar-refractivity contribution in [3.8, 4) is 11.8 Å². The Hall–Kier alpha value is -1.91. The summed E-state index contributed by atoms with van der Waals surface area (Å²) in [7, 11) is 0.